The van der Waals surface area contributed by atoms with Crippen LogP contribution in [0.2, 0.25) is 0 Å². The minimum absolute atomic E-state index is 0.381. The smallest absolute Gasteiger partial charge is 0.0471 e. The summed E-state index contributed by atoms with van der Waals surface area (Å²) in [5, 5.41) is 9.00. The summed E-state index contributed by atoms with van der Waals surface area (Å²) in [7, 11) is 0. The molecule has 0 amide bonds. The molecule has 14 heavy (non-hydrogen) atoms. The molecule has 84 valence electrons. The first-order valence-corrected chi connectivity index (χ1v) is 6.20. The van der Waals surface area contributed by atoms with Crippen LogP contribution in [0, 0.1) is 5.92 Å². The first-order valence-electron chi connectivity index (χ1n) is 6.20. The SMILES string of the molecule is CCCCCCCN1CCC(CO)C1. The summed E-state index contributed by atoms with van der Waals surface area (Å²) in [4.78, 5) is 2.51. The van der Waals surface area contributed by atoms with E-state index in [4.69, 9.17) is 5.11 Å². The minimum Gasteiger partial charge on any atom is -0.396 e. The second-order valence-electron chi connectivity index (χ2n) is 4.55. The Morgan fingerprint density at radius 3 is 2.64 bits per heavy atom. The summed E-state index contributed by atoms with van der Waals surface area (Å²) >= 11 is 0. The Kier molecular flexibility index (Phi) is 6.20. The molecule has 1 unspecified atom stereocenters. The standard InChI is InChI=1S/C12H25NO/c1-2-3-4-5-6-8-13-9-7-12(10-13)11-14/h12,14H,2-11H2,1H3. The van der Waals surface area contributed by atoms with Gasteiger partial charge in [0.05, 0.1) is 0 Å². The predicted octanol–water partition coefficient (Wildman–Crippen LogP) is 2.27. The third kappa shape index (κ3) is 4.43. The van der Waals surface area contributed by atoms with E-state index in [1.165, 1.54) is 51.6 Å². The quantitative estimate of drug-likeness (QED) is 0.636. The van der Waals surface area contributed by atoms with Gasteiger partial charge in [-0.1, -0.05) is 32.6 Å². The molecule has 1 aliphatic rings. The molecule has 1 saturated heterocycles. The Morgan fingerprint density at radius 2 is 2.00 bits per heavy atom. The van der Waals surface area contributed by atoms with E-state index in [1.54, 1.807) is 0 Å². The van der Waals surface area contributed by atoms with Crippen LogP contribution >= 0.6 is 0 Å². The number of nitrogens with zero attached hydrogens (tertiary/aromatic N) is 1. The summed E-state index contributed by atoms with van der Waals surface area (Å²) in [6.45, 7) is 6.22. The summed E-state index contributed by atoms with van der Waals surface area (Å²) in [5.41, 5.74) is 0. The normalized spacial score (nSPS) is 23.1. The van der Waals surface area contributed by atoms with Gasteiger partial charge in [-0.15, -0.1) is 0 Å². The van der Waals surface area contributed by atoms with Crippen molar-refractivity contribution in [1.82, 2.24) is 4.90 Å². The molecule has 0 saturated carbocycles. The van der Waals surface area contributed by atoms with E-state index in [-0.39, 0.29) is 0 Å². The summed E-state index contributed by atoms with van der Waals surface area (Å²) < 4.78 is 0. The molecule has 0 aliphatic carbocycles. The summed E-state index contributed by atoms with van der Waals surface area (Å²) in [5.74, 6) is 0.561. The molecule has 1 atom stereocenters. The molecule has 0 spiro atoms. The number of aliphatic hydroxyl groups is 1. The Balaban J connectivity index is 1.92. The molecule has 0 aromatic heterocycles. The fraction of sp³-hybridized carbons (Fsp3) is 1.00. The van der Waals surface area contributed by atoms with Crippen LogP contribution in [-0.4, -0.2) is 36.2 Å². The van der Waals surface area contributed by atoms with Crippen molar-refractivity contribution in [3.8, 4) is 0 Å². The molecule has 0 aromatic rings. The summed E-state index contributed by atoms with van der Waals surface area (Å²) in [6.07, 6.45) is 8.04. The zero-order valence-electron chi connectivity index (χ0n) is 9.54. The van der Waals surface area contributed by atoms with Gasteiger partial charge in [-0.25, -0.2) is 0 Å². The van der Waals surface area contributed by atoms with Crippen molar-refractivity contribution in [3.63, 3.8) is 0 Å². The van der Waals surface area contributed by atoms with Crippen molar-refractivity contribution in [1.29, 1.82) is 0 Å². The average Bonchev–Trinajstić information content (AvgIpc) is 2.65. The number of aliphatic hydroxyl groups excluding tert-OH is 1. The lowest BCUT2D eigenvalue weighted by molar-refractivity contribution is 0.221. The van der Waals surface area contributed by atoms with Crippen LogP contribution in [0.15, 0.2) is 0 Å². The van der Waals surface area contributed by atoms with E-state index in [1.807, 2.05) is 0 Å². The van der Waals surface area contributed by atoms with Gasteiger partial charge in [0.2, 0.25) is 0 Å². The van der Waals surface area contributed by atoms with Crippen molar-refractivity contribution in [2.24, 2.45) is 5.92 Å². The molecule has 1 rings (SSSR count). The van der Waals surface area contributed by atoms with E-state index < -0.39 is 0 Å². The fourth-order valence-corrected chi connectivity index (χ4v) is 2.20. The number of hydrogen-bond acceptors (Lipinski definition) is 2. The van der Waals surface area contributed by atoms with Gasteiger partial charge in [-0.2, -0.15) is 0 Å². The molecule has 2 nitrogen and oxygen atoms in total. The lowest BCUT2D eigenvalue weighted by Gasteiger charge is -2.14. The van der Waals surface area contributed by atoms with Gasteiger partial charge in [0.15, 0.2) is 0 Å². The van der Waals surface area contributed by atoms with Crippen LogP contribution < -0.4 is 0 Å². The molecule has 1 aliphatic heterocycles. The highest BCUT2D eigenvalue weighted by Crippen LogP contribution is 2.16. The van der Waals surface area contributed by atoms with Gasteiger partial charge in [0.1, 0.15) is 0 Å². The first kappa shape index (κ1) is 12.0. The molecule has 1 fully saturated rings. The Bertz CT molecular complexity index is 138. The molecule has 0 radical (unpaired) electrons. The van der Waals surface area contributed by atoms with Crippen LogP contribution in [0.4, 0.5) is 0 Å². The van der Waals surface area contributed by atoms with Crippen LogP contribution in [-0.2, 0) is 0 Å². The second kappa shape index (κ2) is 7.24. The first-order chi connectivity index (χ1) is 6.86. The van der Waals surface area contributed by atoms with Crippen LogP contribution in [0.5, 0.6) is 0 Å². The maximum Gasteiger partial charge on any atom is 0.0471 e. The van der Waals surface area contributed by atoms with Gasteiger partial charge in [0, 0.05) is 13.2 Å². The van der Waals surface area contributed by atoms with E-state index in [9.17, 15) is 0 Å². The number of rotatable bonds is 7. The molecular weight excluding hydrogens is 174 g/mol. The van der Waals surface area contributed by atoms with Gasteiger partial charge in [-0.3, -0.25) is 0 Å². The van der Waals surface area contributed by atoms with Gasteiger partial charge in [-0.05, 0) is 31.8 Å². The zero-order valence-corrected chi connectivity index (χ0v) is 9.54. The largest absolute Gasteiger partial charge is 0.396 e. The molecule has 0 aromatic carbocycles. The van der Waals surface area contributed by atoms with E-state index in [0.717, 1.165) is 6.54 Å². The van der Waals surface area contributed by atoms with E-state index >= 15 is 0 Å². The van der Waals surface area contributed by atoms with Crippen molar-refractivity contribution in [3.05, 3.63) is 0 Å². The van der Waals surface area contributed by atoms with Crippen LogP contribution in [0.25, 0.3) is 0 Å². The minimum atomic E-state index is 0.381. The topological polar surface area (TPSA) is 23.5 Å². The number of unbranched alkanes of at least 4 members (excludes halogenated alkanes) is 4. The molecule has 1 heterocycles. The van der Waals surface area contributed by atoms with Crippen molar-refractivity contribution < 1.29 is 5.11 Å². The van der Waals surface area contributed by atoms with Crippen LogP contribution in [0.1, 0.15) is 45.4 Å². The molecule has 1 N–H and O–H groups in total. The van der Waals surface area contributed by atoms with Crippen molar-refractivity contribution in [2.45, 2.75) is 45.4 Å². The van der Waals surface area contributed by atoms with Crippen molar-refractivity contribution >= 4 is 0 Å². The van der Waals surface area contributed by atoms with Gasteiger partial charge < -0.3 is 10.0 Å². The van der Waals surface area contributed by atoms with Gasteiger partial charge in [0.25, 0.3) is 0 Å². The molecule has 0 bridgehead atoms. The van der Waals surface area contributed by atoms with Crippen LogP contribution in [0.3, 0.4) is 0 Å². The fourth-order valence-electron chi connectivity index (χ4n) is 2.20. The Morgan fingerprint density at radius 1 is 1.21 bits per heavy atom. The maximum absolute atomic E-state index is 9.00. The molecule has 2 heteroatoms. The number of hydrogen-bond donors (Lipinski definition) is 1. The lowest BCUT2D eigenvalue weighted by atomic mass is 10.1. The Hall–Kier alpha value is -0.0800. The average molecular weight is 199 g/mol. The highest BCUT2D eigenvalue weighted by Gasteiger charge is 2.20. The third-order valence-electron chi connectivity index (χ3n) is 3.21. The van der Waals surface area contributed by atoms with Crippen molar-refractivity contribution in [2.75, 3.05) is 26.2 Å². The molecular formula is C12H25NO. The zero-order chi connectivity index (χ0) is 10.2. The monoisotopic (exact) mass is 199 g/mol. The summed E-state index contributed by atoms with van der Waals surface area (Å²) in [6, 6.07) is 0. The number of likely N-dealkylation sites (tertiary alicyclic amines) is 1. The predicted molar refractivity (Wildman–Crippen MR) is 60.4 cm³/mol. The second-order valence-corrected chi connectivity index (χ2v) is 4.55. The maximum atomic E-state index is 9.00. The van der Waals surface area contributed by atoms with Gasteiger partial charge >= 0.3 is 0 Å². The van der Waals surface area contributed by atoms with E-state index in [0.29, 0.717) is 12.5 Å². The third-order valence-corrected chi connectivity index (χ3v) is 3.21. The highest BCUT2D eigenvalue weighted by molar-refractivity contribution is 4.74. The van der Waals surface area contributed by atoms with E-state index in [2.05, 4.69) is 11.8 Å². The highest BCUT2D eigenvalue weighted by atomic mass is 16.3. The Labute approximate surface area is 88.3 Å². The lowest BCUT2D eigenvalue weighted by Crippen LogP contribution is -2.22.